The number of para-hydroxylation sites is 1. The maximum atomic E-state index is 13.4. The van der Waals surface area contributed by atoms with Crippen molar-refractivity contribution in [2.24, 2.45) is 0 Å². The first-order valence-corrected chi connectivity index (χ1v) is 9.01. The largest absolute Gasteiger partial charge is 0.497 e. The van der Waals surface area contributed by atoms with Gasteiger partial charge in [0.25, 0.3) is 11.5 Å². The first-order chi connectivity index (χ1) is 14.0. The third-order valence-corrected chi connectivity index (χ3v) is 5.05. The van der Waals surface area contributed by atoms with Gasteiger partial charge in [-0.2, -0.15) is 0 Å². The molecule has 1 aliphatic rings. The van der Waals surface area contributed by atoms with Gasteiger partial charge in [-0.25, -0.2) is 4.79 Å². The molecule has 1 atom stereocenters. The Kier molecular flexibility index (Phi) is 4.64. The molecule has 2 N–H and O–H groups in total. The van der Waals surface area contributed by atoms with E-state index < -0.39 is 17.1 Å². The van der Waals surface area contributed by atoms with Crippen LogP contribution in [0.3, 0.4) is 0 Å². The molecule has 7 nitrogen and oxygen atoms in total. The van der Waals surface area contributed by atoms with Gasteiger partial charge in [0, 0.05) is 17.8 Å². The standard InChI is InChI=1S/C22H18N2O5/c1-29-15-9-7-13(8-10-15)19-12-18-16(11-17(22(27)28)20(25)23-18)21(26)24(19)14-5-3-2-4-6-14/h2-11,19H,12H2,1H3,(H,23,25)(H,27,28). The number of carboxylic acid groups (broad SMARTS) is 1. The molecule has 29 heavy (non-hydrogen) atoms. The van der Waals surface area contributed by atoms with E-state index in [-0.39, 0.29) is 17.5 Å². The zero-order valence-electron chi connectivity index (χ0n) is 15.6. The van der Waals surface area contributed by atoms with Gasteiger partial charge in [-0.15, -0.1) is 0 Å². The average molecular weight is 390 g/mol. The number of nitrogens with zero attached hydrogens (tertiary/aromatic N) is 1. The second-order valence-corrected chi connectivity index (χ2v) is 6.71. The van der Waals surface area contributed by atoms with Gasteiger partial charge in [-0.3, -0.25) is 9.59 Å². The van der Waals surface area contributed by atoms with Crippen LogP contribution in [0.1, 0.15) is 38.0 Å². The van der Waals surface area contributed by atoms with Crippen molar-refractivity contribution in [3.8, 4) is 5.75 Å². The summed E-state index contributed by atoms with van der Waals surface area (Å²) in [6.45, 7) is 0. The fourth-order valence-electron chi connectivity index (χ4n) is 3.61. The molecule has 0 spiro atoms. The third kappa shape index (κ3) is 3.27. The summed E-state index contributed by atoms with van der Waals surface area (Å²) in [5.74, 6) is -1.04. The summed E-state index contributed by atoms with van der Waals surface area (Å²) < 4.78 is 5.21. The van der Waals surface area contributed by atoms with Crippen LogP contribution in [0.15, 0.2) is 65.5 Å². The van der Waals surface area contributed by atoms with Crippen molar-refractivity contribution in [1.82, 2.24) is 4.98 Å². The number of fused-ring (bicyclic) bond motifs is 1. The van der Waals surface area contributed by atoms with E-state index in [1.807, 2.05) is 54.6 Å². The minimum Gasteiger partial charge on any atom is -0.497 e. The maximum absolute atomic E-state index is 13.4. The number of benzene rings is 2. The Morgan fingerprint density at radius 3 is 2.41 bits per heavy atom. The highest BCUT2D eigenvalue weighted by atomic mass is 16.5. The number of carbonyl (C=O) groups is 2. The van der Waals surface area contributed by atoms with E-state index in [0.717, 1.165) is 5.56 Å². The number of rotatable bonds is 4. The molecule has 1 amide bonds. The molecule has 1 aromatic heterocycles. The van der Waals surface area contributed by atoms with Gasteiger partial charge in [0.2, 0.25) is 0 Å². The monoisotopic (exact) mass is 390 g/mol. The van der Waals surface area contributed by atoms with Crippen LogP contribution in [-0.2, 0) is 6.42 Å². The Morgan fingerprint density at radius 1 is 1.10 bits per heavy atom. The van der Waals surface area contributed by atoms with Crippen molar-refractivity contribution in [3.05, 3.63) is 93.4 Å². The summed E-state index contributed by atoms with van der Waals surface area (Å²) in [4.78, 5) is 41.1. The zero-order chi connectivity index (χ0) is 20.5. The Bertz CT molecular complexity index is 1140. The average Bonchev–Trinajstić information content (AvgIpc) is 2.73. The summed E-state index contributed by atoms with van der Waals surface area (Å²) in [7, 11) is 1.58. The van der Waals surface area contributed by atoms with Crippen molar-refractivity contribution in [2.75, 3.05) is 12.0 Å². The number of methoxy groups -OCH3 is 1. The van der Waals surface area contributed by atoms with Gasteiger partial charge < -0.3 is 19.7 Å². The lowest BCUT2D eigenvalue weighted by atomic mass is 9.91. The van der Waals surface area contributed by atoms with Crippen molar-refractivity contribution in [2.45, 2.75) is 12.5 Å². The molecule has 0 bridgehead atoms. The molecule has 2 heterocycles. The molecular formula is C22H18N2O5. The quantitative estimate of drug-likeness (QED) is 0.713. The number of nitrogens with one attached hydrogen (secondary N) is 1. The normalized spacial score (nSPS) is 15.7. The number of amides is 1. The summed E-state index contributed by atoms with van der Waals surface area (Å²) in [5.41, 5.74) is 1.01. The highest BCUT2D eigenvalue weighted by Crippen LogP contribution is 2.36. The predicted octanol–water partition coefficient (Wildman–Crippen LogP) is 3.03. The Labute approximate surface area is 166 Å². The van der Waals surface area contributed by atoms with Crippen LogP contribution in [0.5, 0.6) is 5.75 Å². The van der Waals surface area contributed by atoms with E-state index in [0.29, 0.717) is 23.6 Å². The number of hydrogen-bond donors (Lipinski definition) is 2. The van der Waals surface area contributed by atoms with Gasteiger partial charge in [-0.05, 0) is 35.9 Å². The molecule has 1 unspecified atom stereocenters. The predicted molar refractivity (Wildman–Crippen MR) is 107 cm³/mol. The number of aromatic nitrogens is 1. The first kappa shape index (κ1) is 18.5. The fraction of sp³-hybridized carbons (Fsp3) is 0.136. The zero-order valence-corrected chi connectivity index (χ0v) is 15.6. The van der Waals surface area contributed by atoms with Crippen molar-refractivity contribution in [3.63, 3.8) is 0 Å². The molecule has 0 aliphatic carbocycles. The fourth-order valence-corrected chi connectivity index (χ4v) is 3.61. The third-order valence-electron chi connectivity index (χ3n) is 5.05. The molecule has 0 radical (unpaired) electrons. The SMILES string of the molecule is COc1ccc(C2Cc3[nH]c(=O)c(C(=O)O)cc3C(=O)N2c2ccccc2)cc1. The number of carbonyl (C=O) groups excluding carboxylic acids is 1. The van der Waals surface area contributed by atoms with Crippen LogP contribution in [0.25, 0.3) is 0 Å². The van der Waals surface area contributed by atoms with E-state index in [4.69, 9.17) is 4.74 Å². The van der Waals surface area contributed by atoms with Crippen LogP contribution in [0, 0.1) is 0 Å². The Hall–Kier alpha value is -3.87. The number of ether oxygens (including phenoxy) is 1. The maximum Gasteiger partial charge on any atom is 0.341 e. The van der Waals surface area contributed by atoms with Gasteiger partial charge in [0.1, 0.15) is 11.3 Å². The summed E-state index contributed by atoms with van der Waals surface area (Å²) in [5, 5.41) is 9.26. The minimum atomic E-state index is -1.37. The molecule has 3 aromatic rings. The van der Waals surface area contributed by atoms with Crippen molar-refractivity contribution < 1.29 is 19.4 Å². The molecule has 0 saturated heterocycles. The molecule has 7 heteroatoms. The number of pyridine rings is 1. The van der Waals surface area contributed by atoms with Crippen LogP contribution in [-0.4, -0.2) is 29.1 Å². The van der Waals surface area contributed by atoms with Crippen LogP contribution in [0.4, 0.5) is 5.69 Å². The molecule has 4 rings (SSSR count). The lowest BCUT2D eigenvalue weighted by molar-refractivity contribution is 0.0695. The van der Waals surface area contributed by atoms with Crippen LogP contribution in [0.2, 0.25) is 0 Å². The van der Waals surface area contributed by atoms with E-state index in [2.05, 4.69) is 4.98 Å². The number of hydrogen-bond acceptors (Lipinski definition) is 4. The van der Waals surface area contributed by atoms with Gasteiger partial charge in [0.15, 0.2) is 0 Å². The van der Waals surface area contributed by atoms with Crippen LogP contribution < -0.4 is 15.2 Å². The second-order valence-electron chi connectivity index (χ2n) is 6.71. The molecule has 0 saturated carbocycles. The second kappa shape index (κ2) is 7.27. The van der Waals surface area contributed by atoms with Crippen molar-refractivity contribution >= 4 is 17.6 Å². The number of H-pyrrole nitrogens is 1. The van der Waals surface area contributed by atoms with E-state index in [1.54, 1.807) is 12.0 Å². The molecule has 1 aliphatic heterocycles. The minimum absolute atomic E-state index is 0.190. The molecule has 146 valence electrons. The van der Waals surface area contributed by atoms with E-state index in [1.165, 1.54) is 6.07 Å². The Morgan fingerprint density at radius 2 is 1.79 bits per heavy atom. The van der Waals surface area contributed by atoms with Gasteiger partial charge >= 0.3 is 5.97 Å². The summed E-state index contributed by atoms with van der Waals surface area (Å²) >= 11 is 0. The highest BCUT2D eigenvalue weighted by Gasteiger charge is 2.36. The highest BCUT2D eigenvalue weighted by molar-refractivity contribution is 6.09. The molecular weight excluding hydrogens is 372 g/mol. The summed E-state index contributed by atoms with van der Waals surface area (Å²) in [6, 6.07) is 17.3. The smallest absolute Gasteiger partial charge is 0.341 e. The van der Waals surface area contributed by atoms with Gasteiger partial charge in [-0.1, -0.05) is 30.3 Å². The lowest BCUT2D eigenvalue weighted by Gasteiger charge is -2.37. The van der Waals surface area contributed by atoms with Gasteiger partial charge in [0.05, 0.1) is 18.7 Å². The first-order valence-electron chi connectivity index (χ1n) is 9.01. The van der Waals surface area contributed by atoms with Crippen molar-refractivity contribution in [1.29, 1.82) is 0 Å². The number of anilines is 1. The Balaban J connectivity index is 1.87. The number of carboxylic acids is 1. The van der Waals surface area contributed by atoms with E-state index >= 15 is 0 Å². The topological polar surface area (TPSA) is 99.7 Å². The number of aromatic carboxylic acids is 1. The molecule has 2 aromatic carbocycles. The molecule has 0 fully saturated rings. The number of aromatic amines is 1. The summed E-state index contributed by atoms with van der Waals surface area (Å²) in [6.07, 6.45) is 0.345. The van der Waals surface area contributed by atoms with E-state index in [9.17, 15) is 19.5 Å². The lowest BCUT2D eigenvalue weighted by Crippen LogP contribution is -2.42. The van der Waals surface area contributed by atoms with Crippen LogP contribution >= 0.6 is 0 Å².